The summed E-state index contributed by atoms with van der Waals surface area (Å²) >= 11 is 2.94. The van der Waals surface area contributed by atoms with E-state index >= 15 is 0 Å². The van der Waals surface area contributed by atoms with Crippen molar-refractivity contribution in [3.05, 3.63) is 28.7 Å². The van der Waals surface area contributed by atoms with Crippen molar-refractivity contribution >= 4 is 27.5 Å². The lowest BCUT2D eigenvalue weighted by atomic mass is 9.82. The lowest BCUT2D eigenvalue weighted by molar-refractivity contribution is -0.324. The van der Waals surface area contributed by atoms with E-state index in [0.717, 1.165) is 0 Å². The van der Waals surface area contributed by atoms with E-state index < -0.39 is 30.1 Å². The molecular weight excluding hydrogens is 368 g/mol. The van der Waals surface area contributed by atoms with E-state index in [4.69, 9.17) is 0 Å². The maximum Gasteiger partial charge on any atom is 0.412 e. The zero-order valence-corrected chi connectivity index (χ0v) is 12.2. The Balaban J connectivity index is 3.29. The van der Waals surface area contributed by atoms with Crippen molar-refractivity contribution in [1.82, 2.24) is 0 Å². The van der Waals surface area contributed by atoms with Gasteiger partial charge in [0.1, 0.15) is 0 Å². The number of para-hydroxylation sites is 1. The predicted octanol–water partition coefficient (Wildman–Crippen LogP) is 4.91. The maximum absolute atomic E-state index is 12.9. The minimum atomic E-state index is -5.76. The van der Waals surface area contributed by atoms with Gasteiger partial charge >= 0.3 is 12.4 Å². The van der Waals surface area contributed by atoms with Gasteiger partial charge in [0, 0.05) is 4.47 Å². The normalized spacial score (nSPS) is 13.1. The highest BCUT2D eigenvalue weighted by Crippen LogP contribution is 2.53. The van der Waals surface area contributed by atoms with Gasteiger partial charge in [-0.1, -0.05) is 19.1 Å². The van der Waals surface area contributed by atoms with Crippen LogP contribution in [0.3, 0.4) is 0 Å². The van der Waals surface area contributed by atoms with E-state index in [2.05, 4.69) is 15.9 Å². The van der Waals surface area contributed by atoms with Gasteiger partial charge in [-0.3, -0.25) is 4.79 Å². The molecule has 0 aliphatic rings. The van der Waals surface area contributed by atoms with Crippen LogP contribution in [-0.2, 0) is 4.79 Å². The number of carbonyl (C=O) groups is 1. The first-order valence-electron chi connectivity index (χ1n) is 5.67. The van der Waals surface area contributed by atoms with Crippen molar-refractivity contribution in [3.63, 3.8) is 0 Å². The van der Waals surface area contributed by atoms with E-state index in [1.165, 1.54) is 24.3 Å². The summed E-state index contributed by atoms with van der Waals surface area (Å²) in [7, 11) is 0. The number of halogens is 7. The van der Waals surface area contributed by atoms with Crippen molar-refractivity contribution < 1.29 is 31.1 Å². The highest BCUT2D eigenvalue weighted by molar-refractivity contribution is 9.10. The van der Waals surface area contributed by atoms with Crippen molar-refractivity contribution in [2.45, 2.75) is 25.7 Å². The summed E-state index contributed by atoms with van der Waals surface area (Å²) in [6, 6.07) is 5.44. The summed E-state index contributed by atoms with van der Waals surface area (Å²) in [4.78, 5) is 11.7. The molecule has 9 heteroatoms. The Morgan fingerprint density at radius 1 is 1.10 bits per heavy atom. The van der Waals surface area contributed by atoms with Gasteiger partial charge < -0.3 is 5.32 Å². The molecule has 118 valence electrons. The first-order chi connectivity index (χ1) is 9.47. The fourth-order valence-electron chi connectivity index (χ4n) is 1.77. The predicted molar refractivity (Wildman–Crippen MR) is 67.6 cm³/mol. The molecule has 2 nitrogen and oxygen atoms in total. The van der Waals surface area contributed by atoms with Gasteiger partial charge in [0.05, 0.1) is 5.69 Å². The molecule has 1 aromatic rings. The number of hydrogen-bond donors (Lipinski definition) is 1. The molecule has 0 unspecified atom stereocenters. The van der Waals surface area contributed by atoms with Crippen LogP contribution in [0.5, 0.6) is 0 Å². The fraction of sp³-hybridized carbons (Fsp3) is 0.417. The van der Waals surface area contributed by atoms with E-state index in [1.54, 1.807) is 5.32 Å². The molecule has 1 rings (SSSR count). The molecule has 1 N–H and O–H groups in total. The summed E-state index contributed by atoms with van der Waals surface area (Å²) in [5.41, 5.74) is -4.62. The second-order valence-electron chi connectivity index (χ2n) is 4.19. The largest absolute Gasteiger partial charge is 0.412 e. The molecule has 0 saturated heterocycles. The van der Waals surface area contributed by atoms with Crippen LogP contribution in [-0.4, -0.2) is 18.3 Å². The zero-order chi connectivity index (χ0) is 16.5. The quantitative estimate of drug-likeness (QED) is 0.745. The minimum Gasteiger partial charge on any atom is -0.324 e. The first-order valence-corrected chi connectivity index (χ1v) is 6.46. The number of anilines is 1. The van der Waals surface area contributed by atoms with E-state index in [-0.39, 0.29) is 10.2 Å². The van der Waals surface area contributed by atoms with Gasteiger partial charge in [0.25, 0.3) is 0 Å². The Morgan fingerprint density at radius 2 is 1.57 bits per heavy atom. The van der Waals surface area contributed by atoms with Crippen molar-refractivity contribution in [2.24, 2.45) is 5.41 Å². The highest BCUT2D eigenvalue weighted by Gasteiger charge is 2.74. The van der Waals surface area contributed by atoms with E-state index in [1.807, 2.05) is 0 Å². The van der Waals surface area contributed by atoms with Crippen molar-refractivity contribution in [1.29, 1.82) is 0 Å². The van der Waals surface area contributed by atoms with Crippen LogP contribution in [0.15, 0.2) is 28.7 Å². The molecule has 0 heterocycles. The Labute approximate surface area is 124 Å². The van der Waals surface area contributed by atoms with Gasteiger partial charge in [-0.2, -0.15) is 26.3 Å². The third-order valence-corrected chi connectivity index (χ3v) is 3.70. The second kappa shape index (κ2) is 5.86. The molecule has 0 spiro atoms. The molecule has 21 heavy (non-hydrogen) atoms. The van der Waals surface area contributed by atoms with Crippen LogP contribution in [0.25, 0.3) is 0 Å². The number of carbonyl (C=O) groups excluding carboxylic acids is 1. The van der Waals surface area contributed by atoms with Crippen LogP contribution < -0.4 is 5.32 Å². The summed E-state index contributed by atoms with van der Waals surface area (Å²) in [6.45, 7) is 0.667. The summed E-state index contributed by atoms with van der Waals surface area (Å²) in [5, 5.41) is 1.69. The van der Waals surface area contributed by atoms with E-state index in [0.29, 0.717) is 6.92 Å². The van der Waals surface area contributed by atoms with Crippen LogP contribution in [0, 0.1) is 5.41 Å². The van der Waals surface area contributed by atoms with Gasteiger partial charge in [-0.05, 0) is 34.5 Å². The van der Waals surface area contributed by atoms with Gasteiger partial charge in [-0.25, -0.2) is 0 Å². The number of benzene rings is 1. The number of alkyl halides is 6. The average Bonchev–Trinajstić information content (AvgIpc) is 2.29. The average molecular weight is 378 g/mol. The molecule has 0 aromatic heterocycles. The monoisotopic (exact) mass is 377 g/mol. The van der Waals surface area contributed by atoms with Crippen LogP contribution in [0.1, 0.15) is 13.3 Å². The molecule has 0 aliphatic heterocycles. The Kier molecular flexibility index (Phi) is 4.97. The molecule has 0 fully saturated rings. The third-order valence-electron chi connectivity index (χ3n) is 3.01. The summed E-state index contributed by atoms with van der Waals surface area (Å²) in [6.07, 6.45) is -13.0. The molecule has 0 radical (unpaired) electrons. The van der Waals surface area contributed by atoms with Crippen LogP contribution >= 0.6 is 15.9 Å². The van der Waals surface area contributed by atoms with Crippen LogP contribution in [0.4, 0.5) is 32.0 Å². The zero-order valence-electron chi connectivity index (χ0n) is 10.6. The number of rotatable bonds is 3. The smallest absolute Gasteiger partial charge is 0.324 e. The summed E-state index contributed by atoms with van der Waals surface area (Å²) < 4.78 is 77.8. The number of nitrogens with one attached hydrogen (secondary N) is 1. The van der Waals surface area contributed by atoms with Crippen molar-refractivity contribution in [3.8, 4) is 0 Å². The SMILES string of the molecule is CCC(C(=O)Nc1ccccc1Br)(C(F)(F)F)C(F)(F)F. The van der Waals surface area contributed by atoms with Crippen molar-refractivity contribution in [2.75, 3.05) is 5.32 Å². The standard InChI is InChI=1S/C12H10BrF6NO/c1-2-10(11(14,15)16,12(17,18)19)9(21)20-8-6-4-3-5-7(8)13/h3-6H,2H2,1H3,(H,20,21). The fourth-order valence-corrected chi connectivity index (χ4v) is 2.16. The molecule has 0 atom stereocenters. The first kappa shape index (κ1) is 17.8. The number of hydrogen-bond acceptors (Lipinski definition) is 1. The molecule has 1 amide bonds. The third kappa shape index (κ3) is 3.17. The molecular formula is C12H10BrF6NO. The number of amides is 1. The topological polar surface area (TPSA) is 29.1 Å². The van der Waals surface area contributed by atoms with Gasteiger partial charge in [0.15, 0.2) is 0 Å². The Bertz CT molecular complexity index is 511. The van der Waals surface area contributed by atoms with E-state index in [9.17, 15) is 31.1 Å². The molecule has 0 saturated carbocycles. The molecule has 1 aromatic carbocycles. The lowest BCUT2D eigenvalue weighted by Gasteiger charge is -2.35. The second-order valence-corrected chi connectivity index (χ2v) is 5.04. The maximum atomic E-state index is 12.9. The Morgan fingerprint density at radius 3 is 1.95 bits per heavy atom. The van der Waals surface area contributed by atoms with Gasteiger partial charge in [0.2, 0.25) is 11.3 Å². The minimum absolute atomic E-state index is 0.172. The lowest BCUT2D eigenvalue weighted by Crippen LogP contribution is -2.57. The molecule has 0 bridgehead atoms. The summed E-state index contributed by atoms with van der Waals surface area (Å²) in [5.74, 6) is -2.16. The van der Waals surface area contributed by atoms with Crippen LogP contribution in [0.2, 0.25) is 0 Å². The Hall–Kier alpha value is -1.25. The van der Waals surface area contributed by atoms with Gasteiger partial charge in [-0.15, -0.1) is 0 Å². The highest BCUT2D eigenvalue weighted by atomic mass is 79.9. The molecule has 0 aliphatic carbocycles.